The SMILES string of the molecule is CCCCCCCc1cnc(-c2ccc(C3CCC(CCCCC)CC3)cc2C)nc1. The van der Waals surface area contributed by atoms with E-state index in [2.05, 4.69) is 39.0 Å². The Morgan fingerprint density at radius 3 is 2.16 bits per heavy atom. The highest BCUT2D eigenvalue weighted by molar-refractivity contribution is 5.60. The van der Waals surface area contributed by atoms with Crippen molar-refractivity contribution in [3.05, 3.63) is 47.3 Å². The summed E-state index contributed by atoms with van der Waals surface area (Å²) in [4.78, 5) is 9.40. The third-order valence-electron chi connectivity index (χ3n) is 7.30. The Bertz CT molecular complexity index is 757. The molecule has 3 rings (SSSR count). The van der Waals surface area contributed by atoms with Gasteiger partial charge in [-0.25, -0.2) is 9.97 Å². The van der Waals surface area contributed by atoms with Gasteiger partial charge in [0.05, 0.1) is 0 Å². The second kappa shape index (κ2) is 13.0. The lowest BCUT2D eigenvalue weighted by Crippen LogP contribution is -2.13. The van der Waals surface area contributed by atoms with Crippen LogP contribution in [0.1, 0.15) is 120 Å². The van der Waals surface area contributed by atoms with Crippen LogP contribution < -0.4 is 0 Å². The van der Waals surface area contributed by atoms with Crippen molar-refractivity contribution >= 4 is 0 Å². The zero-order valence-electron chi connectivity index (χ0n) is 20.3. The molecule has 2 aromatic rings. The highest BCUT2D eigenvalue weighted by Gasteiger charge is 2.22. The van der Waals surface area contributed by atoms with Crippen molar-refractivity contribution in [1.29, 1.82) is 0 Å². The summed E-state index contributed by atoms with van der Waals surface area (Å²) in [6.45, 7) is 6.79. The molecule has 2 nitrogen and oxygen atoms in total. The van der Waals surface area contributed by atoms with Gasteiger partial charge in [0.2, 0.25) is 0 Å². The first-order valence-corrected chi connectivity index (χ1v) is 13.1. The van der Waals surface area contributed by atoms with Crippen molar-refractivity contribution in [2.45, 2.75) is 117 Å². The molecule has 1 aliphatic rings. The van der Waals surface area contributed by atoms with Crippen molar-refractivity contribution in [3.8, 4) is 11.4 Å². The van der Waals surface area contributed by atoms with Crippen LogP contribution in [0.2, 0.25) is 0 Å². The molecular weight excluding hydrogens is 376 g/mol. The Kier molecular flexibility index (Phi) is 10.0. The zero-order chi connectivity index (χ0) is 21.9. The molecule has 1 aliphatic carbocycles. The van der Waals surface area contributed by atoms with E-state index in [4.69, 9.17) is 9.97 Å². The Morgan fingerprint density at radius 1 is 0.806 bits per heavy atom. The largest absolute Gasteiger partial charge is 0.236 e. The predicted octanol–water partition coefficient (Wildman–Crippen LogP) is 8.82. The molecule has 0 N–H and O–H groups in total. The minimum atomic E-state index is 0.742. The van der Waals surface area contributed by atoms with Crippen LogP contribution in [-0.2, 0) is 6.42 Å². The molecule has 1 heterocycles. The fourth-order valence-electron chi connectivity index (χ4n) is 5.21. The molecule has 1 aromatic carbocycles. The molecule has 0 spiro atoms. The lowest BCUT2D eigenvalue weighted by molar-refractivity contribution is 0.303. The topological polar surface area (TPSA) is 25.8 Å². The maximum absolute atomic E-state index is 4.70. The van der Waals surface area contributed by atoms with Gasteiger partial charge >= 0.3 is 0 Å². The molecule has 1 saturated carbocycles. The standard InChI is InChI=1S/C29H44N2/c1-4-6-8-9-11-13-25-21-30-29(31-22-25)28-19-18-27(20-23(28)3)26-16-14-24(15-17-26)12-10-7-5-2/h18-22,24,26H,4-17H2,1-3H3. The number of aryl methyl sites for hydroxylation is 2. The molecular formula is C29H44N2. The highest BCUT2D eigenvalue weighted by atomic mass is 14.9. The number of benzene rings is 1. The predicted molar refractivity (Wildman–Crippen MR) is 134 cm³/mol. The molecule has 31 heavy (non-hydrogen) atoms. The van der Waals surface area contributed by atoms with E-state index < -0.39 is 0 Å². The average molecular weight is 421 g/mol. The Hall–Kier alpha value is -1.70. The van der Waals surface area contributed by atoms with E-state index in [0.29, 0.717) is 0 Å². The molecule has 1 aromatic heterocycles. The quantitative estimate of drug-likeness (QED) is 0.320. The summed E-state index contributed by atoms with van der Waals surface area (Å²) in [6, 6.07) is 7.01. The second-order valence-corrected chi connectivity index (χ2v) is 9.87. The van der Waals surface area contributed by atoms with Crippen LogP contribution >= 0.6 is 0 Å². The molecule has 0 bridgehead atoms. The van der Waals surface area contributed by atoms with E-state index in [-0.39, 0.29) is 0 Å². The highest BCUT2D eigenvalue weighted by Crippen LogP contribution is 2.38. The van der Waals surface area contributed by atoms with Gasteiger partial charge in [-0.05, 0) is 74.0 Å². The van der Waals surface area contributed by atoms with E-state index in [9.17, 15) is 0 Å². The van der Waals surface area contributed by atoms with Gasteiger partial charge < -0.3 is 0 Å². The van der Waals surface area contributed by atoms with Crippen molar-refractivity contribution < 1.29 is 0 Å². The number of unbranched alkanes of at least 4 members (excludes halogenated alkanes) is 6. The lowest BCUT2D eigenvalue weighted by atomic mass is 9.76. The van der Waals surface area contributed by atoms with E-state index in [0.717, 1.165) is 24.1 Å². The van der Waals surface area contributed by atoms with E-state index >= 15 is 0 Å². The first-order chi connectivity index (χ1) is 15.2. The van der Waals surface area contributed by atoms with Crippen molar-refractivity contribution in [2.75, 3.05) is 0 Å². The summed E-state index contributed by atoms with van der Waals surface area (Å²) in [5.74, 6) is 2.59. The van der Waals surface area contributed by atoms with Crippen LogP contribution in [0.4, 0.5) is 0 Å². The van der Waals surface area contributed by atoms with Gasteiger partial charge in [0.1, 0.15) is 0 Å². The summed E-state index contributed by atoms with van der Waals surface area (Å²) in [6.07, 6.45) is 22.9. The normalized spacial score (nSPS) is 18.9. The number of hydrogen-bond acceptors (Lipinski definition) is 2. The molecule has 0 saturated heterocycles. The lowest BCUT2D eigenvalue weighted by Gasteiger charge is -2.29. The summed E-state index contributed by atoms with van der Waals surface area (Å²) < 4.78 is 0. The van der Waals surface area contributed by atoms with Gasteiger partial charge in [-0.15, -0.1) is 0 Å². The number of rotatable bonds is 12. The van der Waals surface area contributed by atoms with Gasteiger partial charge in [0.25, 0.3) is 0 Å². The Balaban J connectivity index is 1.52. The summed E-state index contributed by atoms with van der Waals surface area (Å²) in [5, 5.41) is 0. The van der Waals surface area contributed by atoms with Crippen molar-refractivity contribution in [2.24, 2.45) is 5.92 Å². The Morgan fingerprint density at radius 2 is 1.48 bits per heavy atom. The van der Waals surface area contributed by atoms with Gasteiger partial charge in [-0.1, -0.05) is 83.4 Å². The molecule has 0 atom stereocenters. The smallest absolute Gasteiger partial charge is 0.159 e. The minimum absolute atomic E-state index is 0.742. The molecule has 170 valence electrons. The molecule has 0 amide bonds. The molecule has 0 aliphatic heterocycles. The maximum Gasteiger partial charge on any atom is 0.159 e. The summed E-state index contributed by atoms with van der Waals surface area (Å²) in [5.41, 5.74) is 5.29. The van der Waals surface area contributed by atoms with E-state index in [1.165, 1.54) is 106 Å². The van der Waals surface area contributed by atoms with Crippen molar-refractivity contribution in [3.63, 3.8) is 0 Å². The van der Waals surface area contributed by atoms with Gasteiger partial charge in [0.15, 0.2) is 5.82 Å². The number of nitrogens with zero attached hydrogens (tertiary/aromatic N) is 2. The average Bonchev–Trinajstić information content (AvgIpc) is 2.80. The number of hydrogen-bond donors (Lipinski definition) is 0. The van der Waals surface area contributed by atoms with Gasteiger partial charge in [-0.2, -0.15) is 0 Å². The van der Waals surface area contributed by atoms with Gasteiger partial charge in [-0.3, -0.25) is 0 Å². The molecule has 0 radical (unpaired) electrons. The molecule has 0 unspecified atom stereocenters. The fraction of sp³-hybridized carbons (Fsp3) is 0.655. The van der Waals surface area contributed by atoms with Crippen LogP contribution in [-0.4, -0.2) is 9.97 Å². The zero-order valence-corrected chi connectivity index (χ0v) is 20.3. The Labute approximate surface area is 191 Å². The minimum Gasteiger partial charge on any atom is -0.236 e. The van der Waals surface area contributed by atoms with Crippen molar-refractivity contribution in [1.82, 2.24) is 9.97 Å². The van der Waals surface area contributed by atoms with E-state index in [1.54, 1.807) is 0 Å². The number of aromatic nitrogens is 2. The fourth-order valence-corrected chi connectivity index (χ4v) is 5.21. The van der Waals surface area contributed by atoms with Crippen LogP contribution in [0.15, 0.2) is 30.6 Å². The maximum atomic E-state index is 4.70. The third-order valence-corrected chi connectivity index (χ3v) is 7.30. The van der Waals surface area contributed by atoms with Gasteiger partial charge in [0, 0.05) is 18.0 Å². The molecule has 1 fully saturated rings. The molecule has 2 heteroatoms. The summed E-state index contributed by atoms with van der Waals surface area (Å²) in [7, 11) is 0. The van der Waals surface area contributed by atoms with Crippen LogP contribution in [0, 0.1) is 12.8 Å². The van der Waals surface area contributed by atoms with Crippen LogP contribution in [0.25, 0.3) is 11.4 Å². The second-order valence-electron chi connectivity index (χ2n) is 9.87. The van der Waals surface area contributed by atoms with E-state index in [1.807, 2.05) is 12.4 Å². The third kappa shape index (κ3) is 7.44. The van der Waals surface area contributed by atoms with Crippen LogP contribution in [0.3, 0.4) is 0 Å². The first kappa shape index (κ1) is 24.0. The summed E-state index contributed by atoms with van der Waals surface area (Å²) >= 11 is 0. The van der Waals surface area contributed by atoms with Crippen LogP contribution in [0.5, 0.6) is 0 Å². The monoisotopic (exact) mass is 420 g/mol. The first-order valence-electron chi connectivity index (χ1n) is 13.1.